The number of hydrogen-bond acceptors (Lipinski definition) is 3. The van der Waals surface area contributed by atoms with Crippen LogP contribution in [0.15, 0.2) is 6.07 Å². The minimum absolute atomic E-state index is 0.0206. The zero-order valence-electron chi connectivity index (χ0n) is 10.7. The van der Waals surface area contributed by atoms with Gasteiger partial charge in [-0.2, -0.15) is 5.10 Å². The first-order valence-electron chi connectivity index (χ1n) is 6.19. The van der Waals surface area contributed by atoms with Crippen molar-refractivity contribution in [2.45, 2.75) is 39.3 Å². The third-order valence-electron chi connectivity index (χ3n) is 3.26. The fourth-order valence-corrected chi connectivity index (χ4v) is 2.66. The Hall–Kier alpha value is -1.43. The zero-order valence-corrected chi connectivity index (χ0v) is 11.5. The quantitative estimate of drug-likeness (QED) is 0.832. The highest BCUT2D eigenvalue weighted by molar-refractivity contribution is 7.80. The first-order chi connectivity index (χ1) is 8.54. The van der Waals surface area contributed by atoms with Crippen molar-refractivity contribution < 1.29 is 4.79 Å². The smallest absolute Gasteiger partial charge is 0.272 e. The maximum atomic E-state index is 12.5. The predicted molar refractivity (Wildman–Crippen MR) is 73.5 cm³/mol. The SMILES string of the molecule is CCn1nc(C)cc1C(=O)N1CCCC1C(N)=S. The molecule has 1 amide bonds. The molecule has 0 spiro atoms. The number of rotatable bonds is 3. The molecule has 1 aromatic heterocycles. The molecule has 2 rings (SSSR count). The standard InChI is InChI=1S/C12H18N4OS/c1-3-16-10(7-8(2)14-16)12(17)15-6-4-5-9(15)11(13)18/h7,9H,3-6H2,1-2H3,(H2,13,18). The van der Waals surface area contributed by atoms with Crippen molar-refractivity contribution in [1.82, 2.24) is 14.7 Å². The van der Waals surface area contributed by atoms with Gasteiger partial charge < -0.3 is 10.6 Å². The number of nitrogens with two attached hydrogens (primary N) is 1. The highest BCUT2D eigenvalue weighted by atomic mass is 32.1. The van der Waals surface area contributed by atoms with Crippen LogP contribution >= 0.6 is 12.2 Å². The molecule has 1 saturated heterocycles. The highest BCUT2D eigenvalue weighted by Gasteiger charge is 2.32. The maximum absolute atomic E-state index is 12.5. The van der Waals surface area contributed by atoms with E-state index in [-0.39, 0.29) is 11.9 Å². The molecule has 0 aliphatic carbocycles. The second-order valence-corrected chi connectivity index (χ2v) is 5.02. The van der Waals surface area contributed by atoms with Crippen molar-refractivity contribution in [3.63, 3.8) is 0 Å². The summed E-state index contributed by atoms with van der Waals surface area (Å²) in [6, 6.07) is 1.72. The Labute approximate surface area is 112 Å². The fourth-order valence-electron chi connectivity index (χ4n) is 2.41. The molecule has 0 aromatic carbocycles. The van der Waals surface area contributed by atoms with E-state index in [1.807, 2.05) is 19.9 Å². The van der Waals surface area contributed by atoms with Crippen molar-refractivity contribution in [1.29, 1.82) is 0 Å². The normalized spacial score (nSPS) is 19.2. The monoisotopic (exact) mass is 266 g/mol. The lowest BCUT2D eigenvalue weighted by Gasteiger charge is -2.23. The Morgan fingerprint density at radius 3 is 3.00 bits per heavy atom. The largest absolute Gasteiger partial charge is 0.392 e. The van der Waals surface area contributed by atoms with Crippen molar-refractivity contribution in [3.05, 3.63) is 17.5 Å². The molecule has 1 unspecified atom stereocenters. The molecule has 0 saturated carbocycles. The Morgan fingerprint density at radius 2 is 2.39 bits per heavy atom. The summed E-state index contributed by atoms with van der Waals surface area (Å²) in [4.78, 5) is 14.7. The molecule has 1 aliphatic rings. The number of carbonyl (C=O) groups excluding carboxylic acids is 1. The lowest BCUT2D eigenvalue weighted by atomic mass is 10.2. The van der Waals surface area contributed by atoms with Crippen molar-refractivity contribution >= 4 is 23.1 Å². The zero-order chi connectivity index (χ0) is 13.3. The second-order valence-electron chi connectivity index (χ2n) is 4.55. The van der Waals surface area contributed by atoms with Gasteiger partial charge >= 0.3 is 0 Å². The number of hydrogen-bond donors (Lipinski definition) is 1. The van der Waals surface area contributed by atoms with Gasteiger partial charge in [0.15, 0.2) is 0 Å². The summed E-state index contributed by atoms with van der Waals surface area (Å²) in [5.41, 5.74) is 7.17. The van der Waals surface area contributed by atoms with Crippen LogP contribution < -0.4 is 5.73 Å². The van der Waals surface area contributed by atoms with Gasteiger partial charge in [-0.1, -0.05) is 12.2 Å². The van der Waals surface area contributed by atoms with Gasteiger partial charge in [0, 0.05) is 13.1 Å². The van der Waals surface area contributed by atoms with E-state index in [9.17, 15) is 4.79 Å². The summed E-state index contributed by atoms with van der Waals surface area (Å²) in [7, 11) is 0. The van der Waals surface area contributed by atoms with Gasteiger partial charge in [0.2, 0.25) is 0 Å². The average molecular weight is 266 g/mol. The number of aryl methyl sites for hydroxylation is 2. The van der Waals surface area contributed by atoms with Crippen LogP contribution in [0.5, 0.6) is 0 Å². The molecule has 0 radical (unpaired) electrons. The van der Waals surface area contributed by atoms with Crippen LogP contribution in [-0.2, 0) is 6.54 Å². The molecular weight excluding hydrogens is 248 g/mol. The van der Waals surface area contributed by atoms with E-state index in [4.69, 9.17) is 18.0 Å². The van der Waals surface area contributed by atoms with Crippen molar-refractivity contribution in [2.24, 2.45) is 5.73 Å². The third-order valence-corrected chi connectivity index (χ3v) is 3.53. The Morgan fingerprint density at radius 1 is 1.67 bits per heavy atom. The number of thiocarbonyl (C=S) groups is 1. The van der Waals surface area contributed by atoms with Crippen LogP contribution in [0.4, 0.5) is 0 Å². The number of amides is 1. The molecule has 6 heteroatoms. The van der Waals surface area contributed by atoms with Crippen molar-refractivity contribution in [2.75, 3.05) is 6.54 Å². The number of likely N-dealkylation sites (tertiary alicyclic amines) is 1. The molecule has 1 aromatic rings. The second kappa shape index (κ2) is 5.06. The van der Waals surface area contributed by atoms with Gasteiger partial charge in [0.1, 0.15) is 5.69 Å². The van der Waals surface area contributed by atoms with E-state index in [1.165, 1.54) is 0 Å². The first-order valence-corrected chi connectivity index (χ1v) is 6.60. The molecule has 1 atom stereocenters. The van der Waals surface area contributed by atoms with Gasteiger partial charge in [-0.15, -0.1) is 0 Å². The minimum Gasteiger partial charge on any atom is -0.392 e. The summed E-state index contributed by atoms with van der Waals surface area (Å²) in [6.07, 6.45) is 1.81. The lowest BCUT2D eigenvalue weighted by molar-refractivity contribution is 0.0758. The summed E-state index contributed by atoms with van der Waals surface area (Å²) < 4.78 is 1.73. The van der Waals surface area contributed by atoms with Gasteiger partial charge in [0.05, 0.1) is 16.7 Å². The van der Waals surface area contributed by atoms with Crippen LogP contribution in [0.3, 0.4) is 0 Å². The van der Waals surface area contributed by atoms with Crippen LogP contribution in [0.25, 0.3) is 0 Å². The predicted octanol–water partition coefficient (Wildman–Crippen LogP) is 1.10. The van der Waals surface area contributed by atoms with Gasteiger partial charge in [-0.3, -0.25) is 9.48 Å². The first kappa shape index (κ1) is 13.0. The minimum atomic E-state index is -0.104. The molecule has 98 valence electrons. The lowest BCUT2D eigenvalue weighted by Crippen LogP contribution is -2.43. The molecule has 2 N–H and O–H groups in total. The van der Waals surface area contributed by atoms with Crippen LogP contribution in [0.1, 0.15) is 35.9 Å². The topological polar surface area (TPSA) is 64.2 Å². The Kier molecular flexibility index (Phi) is 3.65. The summed E-state index contributed by atoms with van der Waals surface area (Å²) in [5.74, 6) is -0.0206. The summed E-state index contributed by atoms with van der Waals surface area (Å²) in [6.45, 7) is 5.26. The molecule has 2 heterocycles. The Balaban J connectivity index is 2.27. The molecule has 0 bridgehead atoms. The van der Waals surface area contributed by atoms with Crippen LogP contribution in [-0.4, -0.2) is 38.2 Å². The summed E-state index contributed by atoms with van der Waals surface area (Å²) in [5, 5.41) is 4.30. The molecule has 5 nitrogen and oxygen atoms in total. The Bertz CT molecular complexity index is 482. The van der Waals surface area contributed by atoms with E-state index in [1.54, 1.807) is 9.58 Å². The van der Waals surface area contributed by atoms with Gasteiger partial charge in [0.25, 0.3) is 5.91 Å². The number of aromatic nitrogens is 2. The van der Waals surface area contributed by atoms with E-state index in [2.05, 4.69) is 5.10 Å². The average Bonchev–Trinajstić information content (AvgIpc) is 2.93. The third kappa shape index (κ3) is 2.25. The van der Waals surface area contributed by atoms with E-state index < -0.39 is 0 Å². The van der Waals surface area contributed by atoms with Crippen LogP contribution in [0.2, 0.25) is 0 Å². The van der Waals surface area contributed by atoms with E-state index in [0.29, 0.717) is 17.2 Å². The molecule has 18 heavy (non-hydrogen) atoms. The highest BCUT2D eigenvalue weighted by Crippen LogP contribution is 2.20. The number of nitrogens with zero attached hydrogens (tertiary/aromatic N) is 3. The van der Waals surface area contributed by atoms with E-state index in [0.717, 1.165) is 25.1 Å². The van der Waals surface area contributed by atoms with Crippen LogP contribution in [0, 0.1) is 6.92 Å². The maximum Gasteiger partial charge on any atom is 0.272 e. The summed E-state index contributed by atoms with van der Waals surface area (Å²) >= 11 is 5.03. The van der Waals surface area contributed by atoms with E-state index >= 15 is 0 Å². The molecule has 1 aliphatic heterocycles. The van der Waals surface area contributed by atoms with Gasteiger partial charge in [-0.05, 0) is 32.8 Å². The molecular formula is C12H18N4OS. The van der Waals surface area contributed by atoms with Crippen molar-refractivity contribution in [3.8, 4) is 0 Å². The molecule has 1 fully saturated rings. The number of carbonyl (C=O) groups is 1. The van der Waals surface area contributed by atoms with Gasteiger partial charge in [-0.25, -0.2) is 0 Å². The fraction of sp³-hybridized carbons (Fsp3) is 0.583.